The van der Waals surface area contributed by atoms with E-state index >= 15 is 0 Å². The quantitative estimate of drug-likeness (QED) is 0.779. The fourth-order valence-electron chi connectivity index (χ4n) is 1.60. The van der Waals surface area contributed by atoms with Crippen molar-refractivity contribution in [3.63, 3.8) is 0 Å². The van der Waals surface area contributed by atoms with Crippen molar-refractivity contribution >= 4 is 0 Å². The zero-order chi connectivity index (χ0) is 12.3. The van der Waals surface area contributed by atoms with Gasteiger partial charge in [0.2, 0.25) is 5.89 Å². The summed E-state index contributed by atoms with van der Waals surface area (Å²) in [5, 5.41) is 12.6. The summed E-state index contributed by atoms with van der Waals surface area (Å²) in [6.45, 7) is -0.242. The van der Waals surface area contributed by atoms with Gasteiger partial charge in [0.15, 0.2) is 5.82 Å². The number of hydrogen-bond donors (Lipinski definition) is 1. The Balaban J connectivity index is 1.90. The second-order valence-corrected chi connectivity index (χ2v) is 4.17. The first-order valence-corrected chi connectivity index (χ1v) is 5.63. The van der Waals surface area contributed by atoms with Crippen LogP contribution in [0.1, 0.15) is 30.5 Å². The molecule has 1 aromatic rings. The topological polar surface area (TPSA) is 62.4 Å². The minimum atomic E-state index is -2.44. The molecule has 1 aliphatic carbocycles. The van der Waals surface area contributed by atoms with E-state index in [9.17, 15) is 8.78 Å². The van der Waals surface area contributed by atoms with Crippen molar-refractivity contribution in [2.75, 3.05) is 19.7 Å². The molecule has 1 fully saturated rings. The van der Waals surface area contributed by atoms with Crippen LogP contribution in [0.25, 0.3) is 0 Å². The van der Waals surface area contributed by atoms with Crippen molar-refractivity contribution < 1.29 is 18.4 Å². The predicted molar refractivity (Wildman–Crippen MR) is 54.6 cm³/mol. The normalized spacial score (nSPS) is 16.1. The molecule has 0 atom stereocenters. The van der Waals surface area contributed by atoms with Gasteiger partial charge in [-0.25, -0.2) is 8.78 Å². The summed E-state index contributed by atoms with van der Waals surface area (Å²) in [7, 11) is 0. The molecule has 1 saturated carbocycles. The summed E-state index contributed by atoms with van der Waals surface area (Å²) < 4.78 is 29.5. The third kappa shape index (κ3) is 3.71. The number of aromatic nitrogens is 2. The highest BCUT2D eigenvalue weighted by Gasteiger charge is 2.29. The average molecular weight is 247 g/mol. The highest BCUT2D eigenvalue weighted by Crippen LogP contribution is 2.38. The van der Waals surface area contributed by atoms with Crippen LogP contribution < -0.4 is 0 Å². The van der Waals surface area contributed by atoms with Crippen LogP contribution in [0.5, 0.6) is 0 Å². The van der Waals surface area contributed by atoms with Crippen LogP contribution in [0.3, 0.4) is 0 Å². The van der Waals surface area contributed by atoms with E-state index in [1.54, 1.807) is 0 Å². The SMILES string of the molecule is OCCN(Cc1nc(C2CC2)no1)CC(F)F. The van der Waals surface area contributed by atoms with E-state index in [-0.39, 0.29) is 19.7 Å². The lowest BCUT2D eigenvalue weighted by atomic mass is 10.4. The Labute approximate surface area is 97.4 Å². The Kier molecular flexibility index (Phi) is 4.01. The highest BCUT2D eigenvalue weighted by molar-refractivity contribution is 5.03. The van der Waals surface area contributed by atoms with E-state index < -0.39 is 13.0 Å². The first kappa shape index (κ1) is 12.4. The molecule has 0 radical (unpaired) electrons. The Bertz CT molecular complexity index is 355. The van der Waals surface area contributed by atoms with Crippen LogP contribution >= 0.6 is 0 Å². The van der Waals surface area contributed by atoms with Gasteiger partial charge in [0.05, 0.1) is 19.7 Å². The zero-order valence-corrected chi connectivity index (χ0v) is 9.35. The van der Waals surface area contributed by atoms with Gasteiger partial charge < -0.3 is 9.63 Å². The van der Waals surface area contributed by atoms with E-state index in [0.717, 1.165) is 12.8 Å². The molecule has 1 heterocycles. The molecule has 0 amide bonds. The minimum Gasteiger partial charge on any atom is -0.395 e. The summed E-state index contributed by atoms with van der Waals surface area (Å²) in [5.74, 6) is 1.39. The van der Waals surface area contributed by atoms with Crippen LogP contribution in [0.2, 0.25) is 0 Å². The van der Waals surface area contributed by atoms with Crippen molar-refractivity contribution in [2.45, 2.75) is 31.7 Å². The molecule has 17 heavy (non-hydrogen) atoms. The van der Waals surface area contributed by atoms with Gasteiger partial charge in [-0.05, 0) is 12.8 Å². The molecule has 1 aromatic heterocycles. The standard InChI is InChI=1S/C10H15F2N3O2/c11-8(12)5-15(3-4-16)6-9-13-10(14-17-9)7-1-2-7/h7-8,16H,1-6H2. The molecular weight excluding hydrogens is 232 g/mol. The highest BCUT2D eigenvalue weighted by atomic mass is 19.3. The lowest BCUT2D eigenvalue weighted by Gasteiger charge is -2.18. The van der Waals surface area contributed by atoms with Gasteiger partial charge in [0.25, 0.3) is 6.43 Å². The molecule has 7 heteroatoms. The Morgan fingerprint density at radius 2 is 2.24 bits per heavy atom. The lowest BCUT2D eigenvalue weighted by molar-refractivity contribution is 0.0692. The summed E-state index contributed by atoms with van der Waals surface area (Å²) in [6.07, 6.45) is -0.306. The van der Waals surface area contributed by atoms with Crippen LogP contribution in [-0.4, -0.2) is 46.3 Å². The second-order valence-electron chi connectivity index (χ2n) is 4.17. The predicted octanol–water partition coefficient (Wildman–Crippen LogP) is 1.01. The number of nitrogens with zero attached hydrogens (tertiary/aromatic N) is 3. The Hall–Kier alpha value is -1.08. The van der Waals surface area contributed by atoms with Crippen molar-refractivity contribution in [2.24, 2.45) is 0 Å². The molecule has 96 valence electrons. The lowest BCUT2D eigenvalue weighted by Crippen LogP contribution is -2.31. The molecule has 0 aliphatic heterocycles. The molecular formula is C10H15F2N3O2. The van der Waals surface area contributed by atoms with Crippen molar-refractivity contribution in [3.05, 3.63) is 11.7 Å². The van der Waals surface area contributed by atoms with Gasteiger partial charge in [0.1, 0.15) is 0 Å². The van der Waals surface area contributed by atoms with Gasteiger partial charge in [-0.3, -0.25) is 4.90 Å². The molecule has 0 saturated heterocycles. The Morgan fingerprint density at radius 1 is 1.47 bits per heavy atom. The summed E-state index contributed by atoms with van der Waals surface area (Å²) >= 11 is 0. The molecule has 2 rings (SSSR count). The van der Waals surface area contributed by atoms with Crippen LogP contribution in [-0.2, 0) is 6.54 Å². The van der Waals surface area contributed by atoms with Gasteiger partial charge in [-0.15, -0.1) is 0 Å². The number of alkyl halides is 2. The monoisotopic (exact) mass is 247 g/mol. The largest absolute Gasteiger partial charge is 0.395 e. The molecule has 0 aromatic carbocycles. The van der Waals surface area contributed by atoms with Crippen LogP contribution in [0.4, 0.5) is 8.78 Å². The fraction of sp³-hybridized carbons (Fsp3) is 0.800. The van der Waals surface area contributed by atoms with E-state index in [2.05, 4.69) is 10.1 Å². The van der Waals surface area contributed by atoms with Gasteiger partial charge in [0, 0.05) is 12.5 Å². The Morgan fingerprint density at radius 3 is 2.82 bits per heavy atom. The summed E-state index contributed by atoms with van der Waals surface area (Å²) in [6, 6.07) is 0. The first-order chi connectivity index (χ1) is 8.19. The second kappa shape index (κ2) is 5.50. The number of halogens is 2. The van der Waals surface area contributed by atoms with E-state index in [4.69, 9.17) is 9.63 Å². The zero-order valence-electron chi connectivity index (χ0n) is 9.35. The van der Waals surface area contributed by atoms with Gasteiger partial charge in [-0.1, -0.05) is 5.16 Å². The number of hydrogen-bond acceptors (Lipinski definition) is 5. The number of aliphatic hydroxyl groups excluding tert-OH is 1. The minimum absolute atomic E-state index is 0.157. The van der Waals surface area contributed by atoms with Gasteiger partial charge >= 0.3 is 0 Å². The van der Waals surface area contributed by atoms with Crippen molar-refractivity contribution in [1.29, 1.82) is 0 Å². The molecule has 1 N–H and O–H groups in total. The van der Waals surface area contributed by atoms with Gasteiger partial charge in [-0.2, -0.15) is 4.98 Å². The maximum Gasteiger partial charge on any atom is 0.251 e. The fourth-order valence-corrected chi connectivity index (χ4v) is 1.60. The smallest absolute Gasteiger partial charge is 0.251 e. The first-order valence-electron chi connectivity index (χ1n) is 5.63. The van der Waals surface area contributed by atoms with Crippen molar-refractivity contribution in [1.82, 2.24) is 15.0 Å². The number of rotatable bonds is 7. The van der Waals surface area contributed by atoms with E-state index in [0.29, 0.717) is 17.6 Å². The van der Waals surface area contributed by atoms with E-state index in [1.807, 2.05) is 0 Å². The average Bonchev–Trinajstić information content (AvgIpc) is 3.00. The van der Waals surface area contributed by atoms with Crippen molar-refractivity contribution in [3.8, 4) is 0 Å². The maximum absolute atomic E-state index is 12.3. The van der Waals surface area contributed by atoms with Crippen LogP contribution in [0.15, 0.2) is 4.52 Å². The summed E-state index contributed by atoms with van der Waals surface area (Å²) in [5.41, 5.74) is 0. The third-order valence-electron chi connectivity index (χ3n) is 2.60. The molecule has 0 spiro atoms. The van der Waals surface area contributed by atoms with E-state index in [1.165, 1.54) is 4.90 Å². The third-order valence-corrected chi connectivity index (χ3v) is 2.60. The molecule has 0 bridgehead atoms. The molecule has 0 unspecified atom stereocenters. The van der Waals surface area contributed by atoms with Crippen LogP contribution in [0, 0.1) is 0 Å². The summed E-state index contributed by atoms with van der Waals surface area (Å²) in [4.78, 5) is 5.55. The maximum atomic E-state index is 12.3. The molecule has 1 aliphatic rings. The molecule has 5 nitrogen and oxygen atoms in total. The number of aliphatic hydroxyl groups is 1.